The number of fused-ring (bicyclic) bond motifs is 1. The maximum atomic E-state index is 15.2. The van der Waals surface area contributed by atoms with Gasteiger partial charge in [0.15, 0.2) is 0 Å². The fourth-order valence-corrected chi connectivity index (χ4v) is 3.64. The Bertz CT molecular complexity index is 1120. The molecule has 0 aliphatic carbocycles. The molecule has 0 fully saturated rings. The van der Waals surface area contributed by atoms with Crippen LogP contribution in [0.25, 0.3) is 10.9 Å². The summed E-state index contributed by atoms with van der Waals surface area (Å²) in [5, 5.41) is 9.87. The topological polar surface area (TPSA) is 73.4 Å². The van der Waals surface area contributed by atoms with Crippen molar-refractivity contribution in [1.29, 1.82) is 0 Å². The second kappa shape index (κ2) is 8.25. The molecule has 0 saturated heterocycles. The van der Waals surface area contributed by atoms with Gasteiger partial charge >= 0.3 is 5.97 Å². The third-order valence-electron chi connectivity index (χ3n) is 4.76. The molecule has 1 aromatic heterocycles. The highest BCUT2D eigenvalue weighted by Gasteiger charge is 2.22. The van der Waals surface area contributed by atoms with E-state index in [1.54, 1.807) is 24.1 Å². The molecule has 0 unspecified atom stereocenters. The average molecular weight is 417 g/mol. The van der Waals surface area contributed by atoms with Gasteiger partial charge in [-0.15, -0.1) is 0 Å². The number of benzene rings is 2. The molecular formula is C22H22ClFN2O3. The molecule has 2 N–H and O–H groups in total. The highest BCUT2D eigenvalue weighted by molar-refractivity contribution is 6.30. The van der Waals surface area contributed by atoms with Gasteiger partial charge in [0.05, 0.1) is 11.2 Å². The molecule has 0 atom stereocenters. The zero-order valence-electron chi connectivity index (χ0n) is 16.4. The van der Waals surface area contributed by atoms with E-state index in [1.807, 2.05) is 26.0 Å². The number of carboxylic acid groups (broad SMARTS) is 1. The van der Waals surface area contributed by atoms with Crippen LogP contribution in [0.1, 0.15) is 35.3 Å². The zero-order chi connectivity index (χ0) is 21.3. The number of carbonyl (C=O) groups is 1. The minimum absolute atomic E-state index is 0.0432. The number of carboxylic acids is 1. The second-order valence-electron chi connectivity index (χ2n) is 7.53. The van der Waals surface area contributed by atoms with Gasteiger partial charge in [-0.25, -0.2) is 9.18 Å². The van der Waals surface area contributed by atoms with Gasteiger partial charge in [0.1, 0.15) is 11.4 Å². The van der Waals surface area contributed by atoms with Crippen LogP contribution in [0.4, 0.5) is 10.1 Å². The monoisotopic (exact) mass is 416 g/mol. The molecule has 0 aliphatic rings. The van der Waals surface area contributed by atoms with Crippen LogP contribution in [0.3, 0.4) is 0 Å². The summed E-state index contributed by atoms with van der Waals surface area (Å²) in [6.45, 7) is 4.45. The lowest BCUT2D eigenvalue weighted by molar-refractivity contribution is 0.0695. The van der Waals surface area contributed by atoms with Gasteiger partial charge in [-0.05, 0) is 36.1 Å². The number of aromatic carboxylic acids is 1. The number of anilines is 1. The molecule has 0 spiro atoms. The van der Waals surface area contributed by atoms with Crippen LogP contribution in [0.2, 0.25) is 5.02 Å². The first kappa shape index (κ1) is 20.9. The van der Waals surface area contributed by atoms with Gasteiger partial charge in [-0.1, -0.05) is 37.6 Å². The summed E-state index contributed by atoms with van der Waals surface area (Å²) in [6, 6.07) is 8.43. The molecule has 29 heavy (non-hydrogen) atoms. The van der Waals surface area contributed by atoms with E-state index in [0.29, 0.717) is 34.8 Å². The Kier molecular flexibility index (Phi) is 5.94. The molecule has 7 heteroatoms. The van der Waals surface area contributed by atoms with Crippen LogP contribution >= 0.6 is 11.6 Å². The van der Waals surface area contributed by atoms with Crippen molar-refractivity contribution in [3.63, 3.8) is 0 Å². The zero-order valence-corrected chi connectivity index (χ0v) is 17.2. The SMILES string of the molecule is CC(C)Cc1c(N(C)Cc2ccc(Cl)cc2)c(F)cc2c(=O)c(C(=O)O)c[nH]c12. The molecule has 0 radical (unpaired) electrons. The fraction of sp³-hybridized carbons (Fsp3) is 0.273. The summed E-state index contributed by atoms with van der Waals surface area (Å²) in [7, 11) is 1.78. The molecule has 3 rings (SSSR count). The summed E-state index contributed by atoms with van der Waals surface area (Å²) in [5.74, 6) is -1.70. The van der Waals surface area contributed by atoms with Gasteiger partial charge in [0.2, 0.25) is 5.43 Å². The summed E-state index contributed by atoms with van der Waals surface area (Å²) in [4.78, 5) is 28.6. The number of H-pyrrole nitrogens is 1. The lowest BCUT2D eigenvalue weighted by atomic mass is 9.96. The Morgan fingerprint density at radius 3 is 2.52 bits per heavy atom. The van der Waals surface area contributed by atoms with E-state index in [0.717, 1.165) is 11.6 Å². The lowest BCUT2D eigenvalue weighted by Crippen LogP contribution is -2.22. The van der Waals surface area contributed by atoms with E-state index >= 15 is 4.39 Å². The van der Waals surface area contributed by atoms with Crippen LogP contribution in [0, 0.1) is 11.7 Å². The summed E-state index contributed by atoms with van der Waals surface area (Å²) >= 11 is 5.94. The fourth-order valence-electron chi connectivity index (χ4n) is 3.51. The predicted molar refractivity (Wildman–Crippen MR) is 114 cm³/mol. The van der Waals surface area contributed by atoms with E-state index < -0.39 is 22.8 Å². The molecule has 0 amide bonds. The Morgan fingerprint density at radius 2 is 1.93 bits per heavy atom. The van der Waals surface area contributed by atoms with Crippen LogP contribution in [-0.2, 0) is 13.0 Å². The molecule has 0 aliphatic heterocycles. The first-order valence-electron chi connectivity index (χ1n) is 9.24. The summed E-state index contributed by atoms with van der Waals surface area (Å²) in [5.41, 5.74) is 1.37. The molecule has 3 aromatic rings. The van der Waals surface area contributed by atoms with Crippen molar-refractivity contribution in [2.24, 2.45) is 5.92 Å². The van der Waals surface area contributed by atoms with Crippen molar-refractivity contribution in [2.75, 3.05) is 11.9 Å². The molecule has 2 aromatic carbocycles. The number of aromatic amines is 1. The Hall–Kier alpha value is -2.86. The van der Waals surface area contributed by atoms with E-state index in [9.17, 15) is 14.7 Å². The maximum absolute atomic E-state index is 15.2. The average Bonchev–Trinajstić information content (AvgIpc) is 2.63. The number of rotatable bonds is 6. The Labute approximate surface area is 172 Å². The van der Waals surface area contributed by atoms with Crippen LogP contribution in [0.15, 0.2) is 41.3 Å². The predicted octanol–water partition coefficient (Wildman–Crippen LogP) is 4.85. The highest BCUT2D eigenvalue weighted by atomic mass is 35.5. The standard InChI is InChI=1S/C22H22ClFN2O3/c1-12(2)8-15-19-16(21(27)17(10-25-19)22(28)29)9-18(24)20(15)26(3)11-13-4-6-14(23)7-5-13/h4-7,9-10,12H,8,11H2,1-3H3,(H,25,27)(H,28,29). The molecule has 0 saturated carbocycles. The van der Waals surface area contributed by atoms with Crippen LogP contribution < -0.4 is 10.3 Å². The number of nitrogens with one attached hydrogen (secondary N) is 1. The minimum atomic E-state index is -1.34. The van der Waals surface area contributed by atoms with Gasteiger partial charge < -0.3 is 15.0 Å². The Morgan fingerprint density at radius 1 is 1.28 bits per heavy atom. The van der Waals surface area contributed by atoms with E-state index in [2.05, 4.69) is 4.98 Å². The van der Waals surface area contributed by atoms with E-state index in [-0.39, 0.29) is 11.3 Å². The molecular weight excluding hydrogens is 395 g/mol. The quantitative estimate of drug-likeness (QED) is 0.602. The van der Waals surface area contributed by atoms with Crippen LogP contribution in [0.5, 0.6) is 0 Å². The minimum Gasteiger partial charge on any atom is -0.477 e. The molecule has 5 nitrogen and oxygen atoms in total. The number of hydrogen-bond acceptors (Lipinski definition) is 3. The van der Waals surface area contributed by atoms with Crippen molar-refractivity contribution >= 4 is 34.2 Å². The third-order valence-corrected chi connectivity index (χ3v) is 5.01. The molecule has 152 valence electrons. The highest BCUT2D eigenvalue weighted by Crippen LogP contribution is 2.32. The number of halogens is 2. The number of nitrogens with zero attached hydrogens (tertiary/aromatic N) is 1. The molecule has 1 heterocycles. The van der Waals surface area contributed by atoms with Gasteiger partial charge in [-0.3, -0.25) is 4.79 Å². The summed E-state index contributed by atoms with van der Waals surface area (Å²) < 4.78 is 15.2. The number of pyridine rings is 1. The van der Waals surface area contributed by atoms with Crippen molar-refractivity contribution in [2.45, 2.75) is 26.8 Å². The third kappa shape index (κ3) is 4.27. The molecule has 0 bridgehead atoms. The van der Waals surface area contributed by atoms with Crippen molar-refractivity contribution in [3.8, 4) is 0 Å². The Balaban J connectivity index is 2.18. The van der Waals surface area contributed by atoms with Crippen LogP contribution in [-0.4, -0.2) is 23.1 Å². The normalized spacial score (nSPS) is 11.2. The number of hydrogen-bond donors (Lipinski definition) is 2. The van der Waals surface area contributed by atoms with Crippen molar-refractivity contribution in [1.82, 2.24) is 4.98 Å². The second-order valence-corrected chi connectivity index (χ2v) is 7.96. The first-order valence-corrected chi connectivity index (χ1v) is 9.62. The van der Waals surface area contributed by atoms with E-state index in [4.69, 9.17) is 11.6 Å². The number of aromatic nitrogens is 1. The smallest absolute Gasteiger partial charge is 0.341 e. The van der Waals surface area contributed by atoms with Gasteiger partial charge in [0.25, 0.3) is 0 Å². The summed E-state index contributed by atoms with van der Waals surface area (Å²) in [6.07, 6.45) is 1.70. The lowest BCUT2D eigenvalue weighted by Gasteiger charge is -2.25. The van der Waals surface area contributed by atoms with Gasteiger partial charge in [-0.2, -0.15) is 0 Å². The largest absolute Gasteiger partial charge is 0.477 e. The first-order chi connectivity index (χ1) is 13.7. The van der Waals surface area contributed by atoms with E-state index in [1.165, 1.54) is 6.20 Å². The maximum Gasteiger partial charge on any atom is 0.341 e. The van der Waals surface area contributed by atoms with Crippen molar-refractivity contribution in [3.05, 3.63) is 74.3 Å². The van der Waals surface area contributed by atoms with Gasteiger partial charge in [0, 0.05) is 35.8 Å². The van der Waals surface area contributed by atoms with Crippen molar-refractivity contribution < 1.29 is 14.3 Å².